The van der Waals surface area contributed by atoms with Gasteiger partial charge >= 0.3 is 0 Å². The molecule has 2 aromatic rings. The number of aldehydes is 1. The first-order valence-corrected chi connectivity index (χ1v) is 6.70. The first kappa shape index (κ1) is 16.1. The van der Waals surface area contributed by atoms with Gasteiger partial charge in [0.1, 0.15) is 18.2 Å². The molecule has 0 aliphatic carbocycles. The van der Waals surface area contributed by atoms with Crippen LogP contribution in [0.3, 0.4) is 0 Å². The van der Waals surface area contributed by atoms with Crippen LogP contribution < -0.4 is 4.74 Å². The molecule has 116 valence electrons. The maximum Gasteiger partial charge on any atom is 0.186 e. The van der Waals surface area contributed by atoms with Crippen LogP contribution >= 0.6 is 0 Å². The van der Waals surface area contributed by atoms with Crippen molar-refractivity contribution in [3.05, 3.63) is 65.0 Å². The molecule has 0 radical (unpaired) electrons. The molecule has 0 unspecified atom stereocenters. The van der Waals surface area contributed by atoms with Gasteiger partial charge in [0, 0.05) is 20.3 Å². The molecule has 22 heavy (non-hydrogen) atoms. The van der Waals surface area contributed by atoms with Crippen molar-refractivity contribution >= 4 is 6.29 Å². The predicted octanol–water partition coefficient (Wildman–Crippen LogP) is 3.51. The van der Waals surface area contributed by atoms with Crippen molar-refractivity contribution in [2.24, 2.45) is 0 Å². The molecule has 2 aromatic carbocycles. The van der Waals surface area contributed by atoms with Crippen LogP contribution in [0.15, 0.2) is 42.5 Å². The summed E-state index contributed by atoms with van der Waals surface area (Å²) in [7, 11) is 2.91. The lowest BCUT2D eigenvalue weighted by molar-refractivity contribution is -0.107. The third kappa shape index (κ3) is 3.69. The molecular formula is C17H17FO4. The van der Waals surface area contributed by atoms with E-state index in [0.29, 0.717) is 11.8 Å². The molecule has 0 saturated carbocycles. The van der Waals surface area contributed by atoms with Gasteiger partial charge in [-0.1, -0.05) is 30.3 Å². The Balaban J connectivity index is 2.31. The Hall–Kier alpha value is -2.24. The van der Waals surface area contributed by atoms with E-state index in [4.69, 9.17) is 14.2 Å². The SMILES string of the molecule is COC(OC)c1cc(C=O)c(F)cc1OCc1ccccc1. The zero-order valence-electron chi connectivity index (χ0n) is 12.4. The zero-order valence-corrected chi connectivity index (χ0v) is 12.4. The maximum absolute atomic E-state index is 13.8. The average Bonchev–Trinajstić information content (AvgIpc) is 2.56. The number of rotatable bonds is 7. The maximum atomic E-state index is 13.8. The fourth-order valence-corrected chi connectivity index (χ4v) is 2.07. The predicted molar refractivity (Wildman–Crippen MR) is 79.3 cm³/mol. The first-order chi connectivity index (χ1) is 10.7. The Labute approximate surface area is 128 Å². The van der Waals surface area contributed by atoms with Crippen LogP contribution in [0.2, 0.25) is 0 Å². The summed E-state index contributed by atoms with van der Waals surface area (Å²) < 4.78 is 29.9. The third-order valence-corrected chi connectivity index (χ3v) is 3.18. The number of hydrogen-bond acceptors (Lipinski definition) is 4. The van der Waals surface area contributed by atoms with Crippen molar-refractivity contribution in [3.8, 4) is 5.75 Å². The first-order valence-electron chi connectivity index (χ1n) is 6.70. The minimum Gasteiger partial charge on any atom is -0.488 e. The monoisotopic (exact) mass is 304 g/mol. The van der Waals surface area contributed by atoms with Crippen LogP contribution in [0.4, 0.5) is 4.39 Å². The Morgan fingerprint density at radius 2 is 1.82 bits per heavy atom. The van der Waals surface area contributed by atoms with E-state index in [1.54, 1.807) is 0 Å². The van der Waals surface area contributed by atoms with E-state index in [9.17, 15) is 9.18 Å². The molecule has 0 amide bonds. The van der Waals surface area contributed by atoms with Crippen molar-refractivity contribution in [2.75, 3.05) is 14.2 Å². The summed E-state index contributed by atoms with van der Waals surface area (Å²) in [6, 6.07) is 12.0. The molecule has 0 saturated heterocycles. The van der Waals surface area contributed by atoms with Crippen LogP contribution in [0.1, 0.15) is 27.8 Å². The molecular weight excluding hydrogens is 287 g/mol. The molecule has 0 aromatic heterocycles. The highest BCUT2D eigenvalue weighted by Crippen LogP contribution is 2.31. The van der Waals surface area contributed by atoms with Crippen molar-refractivity contribution in [1.82, 2.24) is 0 Å². The van der Waals surface area contributed by atoms with Crippen molar-refractivity contribution < 1.29 is 23.4 Å². The van der Waals surface area contributed by atoms with Gasteiger partial charge in [0.15, 0.2) is 12.6 Å². The summed E-state index contributed by atoms with van der Waals surface area (Å²) in [6.07, 6.45) is -0.299. The highest BCUT2D eigenvalue weighted by molar-refractivity contribution is 5.76. The summed E-state index contributed by atoms with van der Waals surface area (Å²) in [4.78, 5) is 10.9. The van der Waals surface area contributed by atoms with Crippen molar-refractivity contribution in [3.63, 3.8) is 0 Å². The van der Waals surface area contributed by atoms with Gasteiger partial charge in [-0.15, -0.1) is 0 Å². The molecule has 4 nitrogen and oxygen atoms in total. The number of methoxy groups -OCH3 is 2. The van der Waals surface area contributed by atoms with Crippen molar-refractivity contribution in [1.29, 1.82) is 0 Å². The second-order valence-corrected chi connectivity index (χ2v) is 4.61. The lowest BCUT2D eigenvalue weighted by Crippen LogP contribution is -2.09. The van der Waals surface area contributed by atoms with Gasteiger partial charge in [-0.05, 0) is 11.6 Å². The standard InChI is InChI=1S/C17H17FO4/c1-20-17(21-2)14-8-13(10-19)15(18)9-16(14)22-11-12-6-4-3-5-7-12/h3-10,17H,11H2,1-2H3. The molecule has 0 spiro atoms. The molecule has 0 heterocycles. The number of ether oxygens (including phenoxy) is 3. The van der Waals surface area contributed by atoms with E-state index in [1.165, 1.54) is 26.4 Å². The molecule has 0 aliphatic rings. The number of carbonyl (C=O) groups is 1. The normalized spacial score (nSPS) is 10.7. The van der Waals surface area contributed by atoms with Gasteiger partial charge in [0.2, 0.25) is 0 Å². The molecule has 0 aliphatic heterocycles. The summed E-state index contributed by atoms with van der Waals surface area (Å²) in [6.45, 7) is 0.272. The minimum absolute atomic E-state index is 0.0684. The van der Waals surface area contributed by atoms with Gasteiger partial charge in [0.05, 0.1) is 11.1 Å². The fourth-order valence-electron chi connectivity index (χ4n) is 2.07. The molecule has 5 heteroatoms. The van der Waals surface area contributed by atoms with Gasteiger partial charge < -0.3 is 14.2 Å². The van der Waals surface area contributed by atoms with Crippen LogP contribution in [0.5, 0.6) is 5.75 Å². The average molecular weight is 304 g/mol. The van der Waals surface area contributed by atoms with E-state index in [-0.39, 0.29) is 17.9 Å². The lowest BCUT2D eigenvalue weighted by Gasteiger charge is -2.19. The minimum atomic E-state index is -0.745. The Morgan fingerprint density at radius 1 is 1.14 bits per heavy atom. The third-order valence-electron chi connectivity index (χ3n) is 3.18. The van der Waals surface area contributed by atoms with Crippen LogP contribution in [-0.2, 0) is 16.1 Å². The van der Waals surface area contributed by atoms with Gasteiger partial charge in [-0.3, -0.25) is 4.79 Å². The summed E-state index contributed by atoms with van der Waals surface area (Å²) in [5, 5.41) is 0. The smallest absolute Gasteiger partial charge is 0.186 e. The van der Waals surface area contributed by atoms with E-state index < -0.39 is 12.1 Å². The van der Waals surface area contributed by atoms with Gasteiger partial charge in [0.25, 0.3) is 0 Å². The second-order valence-electron chi connectivity index (χ2n) is 4.61. The number of hydrogen-bond donors (Lipinski definition) is 0. The van der Waals surface area contributed by atoms with Crippen LogP contribution in [0.25, 0.3) is 0 Å². The van der Waals surface area contributed by atoms with E-state index in [1.807, 2.05) is 30.3 Å². The molecule has 0 fully saturated rings. The van der Waals surface area contributed by atoms with Crippen LogP contribution in [0, 0.1) is 5.82 Å². The zero-order chi connectivity index (χ0) is 15.9. The summed E-state index contributed by atoms with van der Waals surface area (Å²) in [5.41, 5.74) is 1.34. The molecule has 0 atom stereocenters. The highest BCUT2D eigenvalue weighted by Gasteiger charge is 2.19. The Bertz CT molecular complexity index is 624. The fraction of sp³-hybridized carbons (Fsp3) is 0.235. The highest BCUT2D eigenvalue weighted by atomic mass is 19.1. The van der Waals surface area contributed by atoms with E-state index in [2.05, 4.69) is 0 Å². The summed E-state index contributed by atoms with van der Waals surface area (Å²) >= 11 is 0. The van der Waals surface area contributed by atoms with E-state index >= 15 is 0 Å². The van der Waals surface area contributed by atoms with Crippen LogP contribution in [-0.4, -0.2) is 20.5 Å². The second kappa shape index (κ2) is 7.68. The number of halogens is 1. The number of benzene rings is 2. The van der Waals surface area contributed by atoms with Gasteiger partial charge in [-0.2, -0.15) is 0 Å². The topological polar surface area (TPSA) is 44.8 Å². The molecule has 2 rings (SSSR count). The van der Waals surface area contributed by atoms with Crippen molar-refractivity contribution in [2.45, 2.75) is 12.9 Å². The Kier molecular flexibility index (Phi) is 5.63. The van der Waals surface area contributed by atoms with Gasteiger partial charge in [-0.25, -0.2) is 4.39 Å². The van der Waals surface area contributed by atoms with E-state index in [0.717, 1.165) is 5.56 Å². The quantitative estimate of drug-likeness (QED) is 0.580. The summed E-state index contributed by atoms with van der Waals surface area (Å²) in [5.74, 6) is -0.367. The molecule has 0 N–H and O–H groups in total. The molecule has 0 bridgehead atoms. The number of carbonyl (C=O) groups excluding carboxylic acids is 1. The lowest BCUT2D eigenvalue weighted by atomic mass is 10.1. The Morgan fingerprint density at radius 3 is 2.41 bits per heavy atom. The largest absolute Gasteiger partial charge is 0.488 e.